The van der Waals surface area contributed by atoms with Gasteiger partial charge in [0, 0.05) is 26.1 Å². The van der Waals surface area contributed by atoms with E-state index in [4.69, 9.17) is 9.47 Å². The molecule has 1 aromatic rings. The molecule has 0 fully saturated rings. The van der Waals surface area contributed by atoms with Gasteiger partial charge < -0.3 is 20.1 Å². The number of hydrogen-bond donors (Lipinski definition) is 2. The fourth-order valence-corrected chi connectivity index (χ4v) is 1.72. The molecule has 1 aromatic carbocycles. The SMILES string of the molecule is CCOc1cc(/C=C/C(=O)NCCNC(C)=O)ccc1OC. The van der Waals surface area contributed by atoms with Gasteiger partial charge in [-0.1, -0.05) is 6.07 Å². The van der Waals surface area contributed by atoms with Crippen LogP contribution in [0.5, 0.6) is 11.5 Å². The number of hydrogen-bond acceptors (Lipinski definition) is 4. The van der Waals surface area contributed by atoms with Gasteiger partial charge in [0.1, 0.15) is 0 Å². The summed E-state index contributed by atoms with van der Waals surface area (Å²) in [5.41, 5.74) is 0.835. The van der Waals surface area contributed by atoms with E-state index in [0.29, 0.717) is 31.2 Å². The van der Waals surface area contributed by atoms with Crippen molar-refractivity contribution < 1.29 is 19.1 Å². The first kappa shape index (κ1) is 17.6. The van der Waals surface area contributed by atoms with Crippen molar-refractivity contribution in [3.63, 3.8) is 0 Å². The minimum Gasteiger partial charge on any atom is -0.493 e. The molecule has 0 atom stereocenters. The number of benzene rings is 1. The van der Waals surface area contributed by atoms with Crippen LogP contribution in [0.1, 0.15) is 19.4 Å². The lowest BCUT2D eigenvalue weighted by molar-refractivity contribution is -0.119. The lowest BCUT2D eigenvalue weighted by atomic mass is 10.2. The smallest absolute Gasteiger partial charge is 0.244 e. The Kier molecular flexibility index (Phi) is 7.53. The number of nitrogens with one attached hydrogen (secondary N) is 2. The van der Waals surface area contributed by atoms with Crippen molar-refractivity contribution in [2.75, 3.05) is 26.8 Å². The van der Waals surface area contributed by atoms with E-state index in [0.717, 1.165) is 5.56 Å². The summed E-state index contributed by atoms with van der Waals surface area (Å²) in [7, 11) is 1.58. The predicted molar refractivity (Wildman–Crippen MR) is 84.9 cm³/mol. The van der Waals surface area contributed by atoms with Gasteiger partial charge >= 0.3 is 0 Å². The molecule has 0 aromatic heterocycles. The normalized spacial score (nSPS) is 10.3. The average Bonchev–Trinajstić information content (AvgIpc) is 2.50. The summed E-state index contributed by atoms with van der Waals surface area (Å²) in [6.07, 6.45) is 3.13. The van der Waals surface area contributed by atoms with E-state index in [1.54, 1.807) is 19.3 Å². The molecule has 6 nitrogen and oxygen atoms in total. The number of ether oxygens (including phenoxy) is 2. The molecule has 0 aliphatic heterocycles. The monoisotopic (exact) mass is 306 g/mol. The summed E-state index contributed by atoms with van der Waals surface area (Å²) < 4.78 is 10.7. The van der Waals surface area contributed by atoms with E-state index in [-0.39, 0.29) is 11.8 Å². The molecule has 120 valence electrons. The molecular weight excluding hydrogens is 284 g/mol. The van der Waals surface area contributed by atoms with Crippen molar-refractivity contribution in [2.45, 2.75) is 13.8 Å². The minimum atomic E-state index is -0.223. The van der Waals surface area contributed by atoms with Gasteiger partial charge in [-0.3, -0.25) is 9.59 Å². The van der Waals surface area contributed by atoms with Crippen LogP contribution < -0.4 is 20.1 Å². The maximum absolute atomic E-state index is 11.6. The summed E-state index contributed by atoms with van der Waals surface area (Å²) >= 11 is 0. The molecule has 0 saturated heterocycles. The molecule has 0 bridgehead atoms. The van der Waals surface area contributed by atoms with E-state index < -0.39 is 0 Å². The van der Waals surface area contributed by atoms with Gasteiger partial charge in [-0.15, -0.1) is 0 Å². The molecule has 0 spiro atoms. The van der Waals surface area contributed by atoms with E-state index >= 15 is 0 Å². The topological polar surface area (TPSA) is 76.7 Å². The van der Waals surface area contributed by atoms with Crippen molar-refractivity contribution in [2.24, 2.45) is 0 Å². The second-order valence-electron chi connectivity index (χ2n) is 4.45. The fourth-order valence-electron chi connectivity index (χ4n) is 1.72. The highest BCUT2D eigenvalue weighted by Gasteiger charge is 2.04. The van der Waals surface area contributed by atoms with Crippen LogP contribution in [0.15, 0.2) is 24.3 Å². The Morgan fingerprint density at radius 1 is 1.18 bits per heavy atom. The average molecular weight is 306 g/mol. The molecule has 0 radical (unpaired) electrons. The van der Waals surface area contributed by atoms with E-state index in [1.807, 2.05) is 19.1 Å². The molecular formula is C16H22N2O4. The number of carbonyl (C=O) groups excluding carboxylic acids is 2. The van der Waals surface area contributed by atoms with Crippen molar-refractivity contribution in [1.82, 2.24) is 10.6 Å². The standard InChI is InChI=1S/C16H22N2O4/c1-4-22-15-11-13(5-7-14(15)21-3)6-8-16(20)18-10-9-17-12(2)19/h5-8,11H,4,9-10H2,1-3H3,(H,17,19)(H,18,20)/b8-6+. The Morgan fingerprint density at radius 3 is 2.55 bits per heavy atom. The number of methoxy groups -OCH3 is 1. The summed E-state index contributed by atoms with van der Waals surface area (Å²) in [5.74, 6) is 0.947. The van der Waals surface area contributed by atoms with E-state index in [9.17, 15) is 9.59 Å². The van der Waals surface area contributed by atoms with E-state index in [1.165, 1.54) is 13.0 Å². The van der Waals surface area contributed by atoms with Gasteiger partial charge in [0.05, 0.1) is 13.7 Å². The number of rotatable bonds is 8. The third-order valence-electron chi connectivity index (χ3n) is 2.71. The van der Waals surface area contributed by atoms with Crippen molar-refractivity contribution >= 4 is 17.9 Å². The van der Waals surface area contributed by atoms with Gasteiger partial charge in [-0.2, -0.15) is 0 Å². The molecule has 22 heavy (non-hydrogen) atoms. The molecule has 2 N–H and O–H groups in total. The van der Waals surface area contributed by atoms with Gasteiger partial charge in [-0.05, 0) is 30.7 Å². The maximum atomic E-state index is 11.6. The lowest BCUT2D eigenvalue weighted by Crippen LogP contribution is -2.32. The second-order valence-corrected chi connectivity index (χ2v) is 4.45. The predicted octanol–water partition coefficient (Wildman–Crippen LogP) is 1.36. The highest BCUT2D eigenvalue weighted by atomic mass is 16.5. The van der Waals surface area contributed by atoms with Gasteiger partial charge in [0.25, 0.3) is 0 Å². The zero-order valence-corrected chi connectivity index (χ0v) is 13.1. The first-order chi connectivity index (χ1) is 10.6. The highest BCUT2D eigenvalue weighted by Crippen LogP contribution is 2.28. The van der Waals surface area contributed by atoms with Gasteiger partial charge in [-0.25, -0.2) is 0 Å². The molecule has 2 amide bonds. The van der Waals surface area contributed by atoms with Crippen LogP contribution in [-0.4, -0.2) is 38.6 Å². The Balaban J connectivity index is 2.56. The van der Waals surface area contributed by atoms with Crippen molar-refractivity contribution in [3.05, 3.63) is 29.8 Å². The summed E-state index contributed by atoms with van der Waals surface area (Å²) in [6, 6.07) is 5.44. The van der Waals surface area contributed by atoms with Crippen LogP contribution >= 0.6 is 0 Å². The molecule has 1 rings (SSSR count). The van der Waals surface area contributed by atoms with Crippen LogP contribution in [0, 0.1) is 0 Å². The minimum absolute atomic E-state index is 0.119. The summed E-state index contributed by atoms with van der Waals surface area (Å²) in [6.45, 7) is 4.65. The van der Waals surface area contributed by atoms with Crippen LogP contribution in [0.25, 0.3) is 6.08 Å². The zero-order chi connectivity index (χ0) is 16.4. The third kappa shape index (κ3) is 6.30. The maximum Gasteiger partial charge on any atom is 0.244 e. The van der Waals surface area contributed by atoms with Crippen LogP contribution in [-0.2, 0) is 9.59 Å². The highest BCUT2D eigenvalue weighted by molar-refractivity contribution is 5.91. The van der Waals surface area contributed by atoms with Crippen LogP contribution in [0.4, 0.5) is 0 Å². The Bertz CT molecular complexity index is 541. The van der Waals surface area contributed by atoms with Crippen molar-refractivity contribution in [1.29, 1.82) is 0 Å². The van der Waals surface area contributed by atoms with E-state index in [2.05, 4.69) is 10.6 Å². The largest absolute Gasteiger partial charge is 0.493 e. The molecule has 0 aliphatic carbocycles. The molecule has 6 heteroatoms. The Labute approximate surface area is 130 Å². The molecule has 0 saturated carbocycles. The lowest BCUT2D eigenvalue weighted by Gasteiger charge is -2.09. The fraction of sp³-hybridized carbons (Fsp3) is 0.375. The van der Waals surface area contributed by atoms with Gasteiger partial charge in [0.15, 0.2) is 11.5 Å². The Morgan fingerprint density at radius 2 is 1.91 bits per heavy atom. The van der Waals surface area contributed by atoms with Crippen molar-refractivity contribution in [3.8, 4) is 11.5 Å². The first-order valence-corrected chi connectivity index (χ1v) is 7.08. The Hall–Kier alpha value is -2.50. The molecule has 0 aliphatic rings. The summed E-state index contributed by atoms with van der Waals surface area (Å²) in [4.78, 5) is 22.3. The first-order valence-electron chi connectivity index (χ1n) is 7.08. The second kappa shape index (κ2) is 9.44. The number of carbonyl (C=O) groups is 2. The van der Waals surface area contributed by atoms with Gasteiger partial charge in [0.2, 0.25) is 11.8 Å². The quantitative estimate of drug-likeness (QED) is 0.561. The molecule has 0 heterocycles. The van der Waals surface area contributed by atoms with Crippen LogP contribution in [0.2, 0.25) is 0 Å². The van der Waals surface area contributed by atoms with Crippen LogP contribution in [0.3, 0.4) is 0 Å². The summed E-state index contributed by atoms with van der Waals surface area (Å²) in [5, 5.41) is 5.27. The number of amides is 2. The third-order valence-corrected chi connectivity index (χ3v) is 2.71. The zero-order valence-electron chi connectivity index (χ0n) is 13.1. The molecule has 0 unspecified atom stereocenters.